The molecule has 0 saturated heterocycles. The van der Waals surface area contributed by atoms with E-state index in [0.717, 1.165) is 5.56 Å². The molecule has 6 heteroatoms. The predicted molar refractivity (Wildman–Crippen MR) is 74.3 cm³/mol. The van der Waals surface area contributed by atoms with Gasteiger partial charge in [0.05, 0.1) is 6.54 Å². The van der Waals surface area contributed by atoms with E-state index in [4.69, 9.17) is 0 Å². The second-order valence-electron chi connectivity index (χ2n) is 3.96. The quantitative estimate of drug-likeness (QED) is 0.894. The number of hydrogen-bond acceptors (Lipinski definition) is 4. The Kier molecular flexibility index (Phi) is 4.25. The molecule has 19 heavy (non-hydrogen) atoms. The van der Waals surface area contributed by atoms with E-state index in [1.165, 1.54) is 11.3 Å². The summed E-state index contributed by atoms with van der Waals surface area (Å²) in [5, 5.41) is 8.71. The van der Waals surface area contributed by atoms with E-state index in [1.807, 2.05) is 18.4 Å². The lowest BCUT2D eigenvalue weighted by Gasteiger charge is -2.06. The van der Waals surface area contributed by atoms with Crippen LogP contribution in [0.25, 0.3) is 0 Å². The van der Waals surface area contributed by atoms with Crippen molar-refractivity contribution < 1.29 is 9.59 Å². The van der Waals surface area contributed by atoms with E-state index >= 15 is 0 Å². The Hall–Kier alpha value is -2.21. The van der Waals surface area contributed by atoms with E-state index in [0.29, 0.717) is 11.4 Å². The number of aryl methyl sites for hydroxylation is 1. The number of amides is 2. The maximum absolute atomic E-state index is 11.6. The zero-order chi connectivity index (χ0) is 13.7. The molecule has 98 valence electrons. The number of thiophene rings is 1. The Morgan fingerprint density at radius 2 is 2.21 bits per heavy atom. The Morgan fingerprint density at radius 1 is 1.37 bits per heavy atom. The summed E-state index contributed by atoms with van der Waals surface area (Å²) in [6.45, 7) is 1.83. The van der Waals surface area contributed by atoms with Crippen molar-refractivity contribution in [3.63, 3.8) is 0 Å². The van der Waals surface area contributed by atoms with Gasteiger partial charge in [0.2, 0.25) is 5.91 Å². The molecule has 2 N–H and O–H groups in total. The summed E-state index contributed by atoms with van der Waals surface area (Å²) in [6.07, 6.45) is 1.62. The number of anilines is 1. The molecule has 0 aliphatic heterocycles. The first-order valence-corrected chi connectivity index (χ1v) is 6.62. The van der Waals surface area contributed by atoms with Gasteiger partial charge in [0.1, 0.15) is 5.82 Å². The molecule has 2 amide bonds. The molecule has 0 fully saturated rings. The van der Waals surface area contributed by atoms with Crippen molar-refractivity contribution in [2.24, 2.45) is 0 Å². The van der Waals surface area contributed by atoms with Crippen LogP contribution in [0.3, 0.4) is 0 Å². The largest absolute Gasteiger partial charge is 0.343 e. The van der Waals surface area contributed by atoms with Crippen molar-refractivity contribution in [2.45, 2.75) is 6.92 Å². The molecule has 0 atom stereocenters. The van der Waals surface area contributed by atoms with Crippen LogP contribution in [-0.2, 0) is 4.79 Å². The highest BCUT2D eigenvalue weighted by Crippen LogP contribution is 2.06. The average Bonchev–Trinajstić information content (AvgIpc) is 2.90. The van der Waals surface area contributed by atoms with Gasteiger partial charge in [0.15, 0.2) is 0 Å². The second kappa shape index (κ2) is 6.10. The predicted octanol–water partition coefficient (Wildman–Crippen LogP) is 1.82. The minimum absolute atomic E-state index is 0.0791. The number of carbonyl (C=O) groups is 2. The number of pyridine rings is 1. The molecular formula is C13H13N3O2S. The summed E-state index contributed by atoms with van der Waals surface area (Å²) in [5.74, 6) is -0.0786. The smallest absolute Gasteiger partial charge is 0.252 e. The third-order valence-corrected chi connectivity index (χ3v) is 3.06. The van der Waals surface area contributed by atoms with Crippen LogP contribution < -0.4 is 10.6 Å². The summed E-state index contributed by atoms with van der Waals surface area (Å²) >= 11 is 1.44. The summed E-state index contributed by atoms with van der Waals surface area (Å²) < 4.78 is 0. The van der Waals surface area contributed by atoms with E-state index in [9.17, 15) is 9.59 Å². The van der Waals surface area contributed by atoms with Crippen LogP contribution in [0.5, 0.6) is 0 Å². The number of nitrogens with one attached hydrogen (secondary N) is 2. The molecule has 2 aromatic rings. The average molecular weight is 275 g/mol. The number of rotatable bonds is 4. The van der Waals surface area contributed by atoms with Crippen molar-refractivity contribution in [1.29, 1.82) is 0 Å². The molecule has 2 aromatic heterocycles. The summed E-state index contributed by atoms with van der Waals surface area (Å²) in [7, 11) is 0. The number of carbonyl (C=O) groups excluding carboxylic acids is 2. The minimum Gasteiger partial charge on any atom is -0.343 e. The topological polar surface area (TPSA) is 71.1 Å². The third kappa shape index (κ3) is 3.89. The van der Waals surface area contributed by atoms with Gasteiger partial charge in [-0.25, -0.2) is 4.98 Å². The molecule has 0 aromatic carbocycles. The summed E-state index contributed by atoms with van der Waals surface area (Å²) in [4.78, 5) is 27.3. The lowest BCUT2D eigenvalue weighted by atomic mass is 10.3. The van der Waals surface area contributed by atoms with E-state index in [1.54, 1.807) is 23.7 Å². The van der Waals surface area contributed by atoms with Gasteiger partial charge in [0, 0.05) is 17.1 Å². The lowest BCUT2D eigenvalue weighted by molar-refractivity contribution is -0.115. The van der Waals surface area contributed by atoms with Crippen molar-refractivity contribution in [3.8, 4) is 0 Å². The van der Waals surface area contributed by atoms with E-state index in [-0.39, 0.29) is 18.4 Å². The highest BCUT2D eigenvalue weighted by atomic mass is 32.1. The highest BCUT2D eigenvalue weighted by Gasteiger charge is 2.08. The molecular weight excluding hydrogens is 262 g/mol. The summed E-state index contributed by atoms with van der Waals surface area (Å²) in [5.41, 5.74) is 1.57. The fourth-order valence-electron chi connectivity index (χ4n) is 1.45. The number of aromatic nitrogens is 1. The van der Waals surface area contributed by atoms with Gasteiger partial charge in [-0.2, -0.15) is 11.3 Å². The Balaban J connectivity index is 1.83. The monoisotopic (exact) mass is 275 g/mol. The van der Waals surface area contributed by atoms with Crippen molar-refractivity contribution in [1.82, 2.24) is 10.3 Å². The Labute approximate surface area is 114 Å². The lowest BCUT2D eigenvalue weighted by Crippen LogP contribution is -2.32. The number of nitrogens with zero attached hydrogens (tertiary/aromatic N) is 1. The second-order valence-corrected chi connectivity index (χ2v) is 4.74. The molecule has 0 radical (unpaired) electrons. The molecule has 0 aliphatic carbocycles. The molecule has 0 aliphatic rings. The minimum atomic E-state index is -0.304. The van der Waals surface area contributed by atoms with Crippen LogP contribution >= 0.6 is 11.3 Å². The summed E-state index contributed by atoms with van der Waals surface area (Å²) in [6, 6.07) is 5.31. The fraction of sp³-hybridized carbons (Fsp3) is 0.154. The number of hydrogen-bond donors (Lipinski definition) is 2. The third-order valence-electron chi connectivity index (χ3n) is 2.38. The standard InChI is InChI=1S/C13H13N3O2S/c1-9-2-4-14-11(6-9)16-12(17)7-15-13(18)10-3-5-19-8-10/h2-6,8H,7H2,1H3,(H,15,18)(H,14,16,17). The first-order valence-electron chi connectivity index (χ1n) is 5.68. The van der Waals surface area contributed by atoms with Gasteiger partial charge in [0.25, 0.3) is 5.91 Å². The zero-order valence-corrected chi connectivity index (χ0v) is 11.2. The first-order chi connectivity index (χ1) is 9.15. The van der Waals surface area contributed by atoms with Gasteiger partial charge < -0.3 is 10.6 Å². The van der Waals surface area contributed by atoms with Crippen LogP contribution in [0.4, 0.5) is 5.82 Å². The van der Waals surface area contributed by atoms with E-state index in [2.05, 4.69) is 15.6 Å². The van der Waals surface area contributed by atoms with Gasteiger partial charge in [-0.1, -0.05) is 0 Å². The van der Waals surface area contributed by atoms with Gasteiger partial charge in [-0.05, 0) is 36.1 Å². The Morgan fingerprint density at radius 3 is 2.89 bits per heavy atom. The van der Waals surface area contributed by atoms with Gasteiger partial charge >= 0.3 is 0 Å². The van der Waals surface area contributed by atoms with Crippen LogP contribution in [0.1, 0.15) is 15.9 Å². The molecule has 0 saturated carbocycles. The zero-order valence-electron chi connectivity index (χ0n) is 10.3. The van der Waals surface area contributed by atoms with Crippen LogP contribution in [0, 0.1) is 6.92 Å². The van der Waals surface area contributed by atoms with Crippen LogP contribution in [0.2, 0.25) is 0 Å². The maximum Gasteiger partial charge on any atom is 0.252 e. The van der Waals surface area contributed by atoms with Gasteiger partial charge in [-0.15, -0.1) is 0 Å². The van der Waals surface area contributed by atoms with Crippen LogP contribution in [0.15, 0.2) is 35.2 Å². The van der Waals surface area contributed by atoms with Gasteiger partial charge in [-0.3, -0.25) is 9.59 Å². The van der Waals surface area contributed by atoms with Crippen molar-refractivity contribution in [3.05, 3.63) is 46.3 Å². The molecule has 0 unspecified atom stereocenters. The SMILES string of the molecule is Cc1ccnc(NC(=O)CNC(=O)c2ccsc2)c1. The van der Waals surface area contributed by atoms with Crippen molar-refractivity contribution in [2.75, 3.05) is 11.9 Å². The highest BCUT2D eigenvalue weighted by molar-refractivity contribution is 7.08. The first kappa shape index (κ1) is 13.2. The molecule has 5 nitrogen and oxygen atoms in total. The van der Waals surface area contributed by atoms with Crippen molar-refractivity contribution >= 4 is 29.0 Å². The van der Waals surface area contributed by atoms with E-state index < -0.39 is 0 Å². The molecule has 0 bridgehead atoms. The maximum atomic E-state index is 11.6. The fourth-order valence-corrected chi connectivity index (χ4v) is 2.08. The normalized spacial score (nSPS) is 9.95. The van der Waals surface area contributed by atoms with Crippen LogP contribution in [-0.4, -0.2) is 23.3 Å². The molecule has 2 rings (SSSR count). The molecule has 2 heterocycles. The Bertz CT molecular complexity index is 581. The molecule has 0 spiro atoms.